The molecular formula is C35H65N3O. The smallest absolute Gasteiger partial charge is 0.111 e. The molecule has 5 rings (SSSR count). The Kier molecular flexibility index (Phi) is 9.21. The van der Waals surface area contributed by atoms with E-state index in [2.05, 4.69) is 59.1 Å². The zero-order valence-corrected chi connectivity index (χ0v) is 26.9. The standard InChI is InChI=1S/C35H65N3O/c1-8-15-35(36,16-9-2)22-38-26-13-17-33(6)25(19-26)11-12-27-28(33)14-18-34(7)29(27)20-30-31(34)24(5)32(39-30)37-21-23(4)10-3/h23-32,37-38H,8-22,36H2,1-7H3/t23-,24?,25?,26?,27?,28?,29?,30?,31?,32?,33?,34?/m0/s1. The molecule has 4 aliphatic carbocycles. The molecule has 0 amide bonds. The van der Waals surface area contributed by atoms with Crippen molar-refractivity contribution in [3.63, 3.8) is 0 Å². The molecule has 5 fully saturated rings. The summed E-state index contributed by atoms with van der Waals surface area (Å²) in [6.45, 7) is 19.2. The van der Waals surface area contributed by atoms with Crippen molar-refractivity contribution in [1.82, 2.24) is 10.6 Å². The highest BCUT2D eigenvalue weighted by Crippen LogP contribution is 2.69. The molecule has 0 aromatic heterocycles. The summed E-state index contributed by atoms with van der Waals surface area (Å²) in [5.74, 6) is 5.72. The van der Waals surface area contributed by atoms with Gasteiger partial charge in [0.05, 0.1) is 6.10 Å². The summed E-state index contributed by atoms with van der Waals surface area (Å²) < 4.78 is 6.83. The van der Waals surface area contributed by atoms with Crippen LogP contribution in [-0.4, -0.2) is 37.0 Å². The van der Waals surface area contributed by atoms with E-state index in [1.807, 2.05) is 0 Å². The van der Waals surface area contributed by atoms with E-state index in [0.717, 1.165) is 61.4 Å². The molecule has 0 spiro atoms. The zero-order valence-electron chi connectivity index (χ0n) is 26.9. The molecule has 226 valence electrons. The Balaban J connectivity index is 1.21. The van der Waals surface area contributed by atoms with E-state index in [0.29, 0.717) is 28.9 Å². The monoisotopic (exact) mass is 544 g/mol. The van der Waals surface area contributed by atoms with Gasteiger partial charge < -0.3 is 15.8 Å². The Morgan fingerprint density at radius 2 is 1.64 bits per heavy atom. The molecular weight excluding hydrogens is 478 g/mol. The predicted molar refractivity (Wildman–Crippen MR) is 164 cm³/mol. The number of fused-ring (bicyclic) bond motifs is 7. The summed E-state index contributed by atoms with van der Waals surface area (Å²) in [6, 6.07) is 0.671. The van der Waals surface area contributed by atoms with Gasteiger partial charge >= 0.3 is 0 Å². The van der Waals surface area contributed by atoms with Gasteiger partial charge in [-0.1, -0.05) is 67.7 Å². The van der Waals surface area contributed by atoms with E-state index in [4.69, 9.17) is 10.5 Å². The van der Waals surface area contributed by atoms with Crippen LogP contribution in [-0.2, 0) is 4.74 Å². The molecule has 0 aromatic rings. The van der Waals surface area contributed by atoms with Gasteiger partial charge in [-0.05, 0) is 111 Å². The van der Waals surface area contributed by atoms with Crippen molar-refractivity contribution in [2.45, 2.75) is 156 Å². The van der Waals surface area contributed by atoms with Crippen LogP contribution in [0.25, 0.3) is 0 Å². The number of rotatable bonds is 11. The first kappa shape index (κ1) is 30.3. The van der Waals surface area contributed by atoms with Crippen LogP contribution >= 0.6 is 0 Å². The number of nitrogens with two attached hydrogens (primary N) is 1. The lowest BCUT2D eigenvalue weighted by atomic mass is 9.44. The van der Waals surface area contributed by atoms with Crippen molar-refractivity contribution >= 4 is 0 Å². The molecule has 1 aliphatic heterocycles. The van der Waals surface area contributed by atoms with Gasteiger partial charge in [-0.2, -0.15) is 0 Å². The maximum Gasteiger partial charge on any atom is 0.111 e. The highest BCUT2D eigenvalue weighted by atomic mass is 16.5. The molecule has 4 N–H and O–H groups in total. The van der Waals surface area contributed by atoms with Crippen LogP contribution in [0.5, 0.6) is 0 Å². The van der Waals surface area contributed by atoms with Crippen LogP contribution in [0.4, 0.5) is 0 Å². The Morgan fingerprint density at radius 3 is 2.33 bits per heavy atom. The van der Waals surface area contributed by atoms with Gasteiger partial charge in [0.25, 0.3) is 0 Å². The van der Waals surface area contributed by atoms with Crippen LogP contribution in [0.2, 0.25) is 0 Å². The zero-order chi connectivity index (χ0) is 28.0. The van der Waals surface area contributed by atoms with E-state index < -0.39 is 0 Å². The average molecular weight is 544 g/mol. The van der Waals surface area contributed by atoms with Gasteiger partial charge in [0.1, 0.15) is 6.23 Å². The molecule has 11 unspecified atom stereocenters. The first-order valence-electron chi connectivity index (χ1n) is 17.5. The topological polar surface area (TPSA) is 59.3 Å². The minimum absolute atomic E-state index is 0.0156. The van der Waals surface area contributed by atoms with Crippen LogP contribution in [0.15, 0.2) is 0 Å². The van der Waals surface area contributed by atoms with Crippen LogP contribution in [0, 0.1) is 52.3 Å². The lowest BCUT2D eigenvalue weighted by molar-refractivity contribution is -0.119. The van der Waals surface area contributed by atoms with Crippen LogP contribution in [0.3, 0.4) is 0 Å². The minimum Gasteiger partial charge on any atom is -0.360 e. The third-order valence-corrected chi connectivity index (χ3v) is 13.7. The Hall–Kier alpha value is -0.160. The summed E-state index contributed by atoms with van der Waals surface area (Å²) in [7, 11) is 0. The van der Waals surface area contributed by atoms with E-state index >= 15 is 0 Å². The normalized spacial score (nSPS) is 46.3. The second-order valence-electron chi connectivity index (χ2n) is 16.1. The first-order valence-corrected chi connectivity index (χ1v) is 17.5. The van der Waals surface area contributed by atoms with Crippen molar-refractivity contribution in [1.29, 1.82) is 0 Å². The number of nitrogens with one attached hydrogen (secondary N) is 2. The fraction of sp³-hybridized carbons (Fsp3) is 1.00. The Labute approximate surface area is 242 Å². The Morgan fingerprint density at radius 1 is 0.923 bits per heavy atom. The summed E-state index contributed by atoms with van der Waals surface area (Å²) in [5.41, 5.74) is 7.86. The maximum atomic E-state index is 6.86. The van der Waals surface area contributed by atoms with Crippen LogP contribution < -0.4 is 16.4 Å². The molecule has 1 saturated heterocycles. The van der Waals surface area contributed by atoms with Gasteiger partial charge in [-0.3, -0.25) is 5.32 Å². The quantitative estimate of drug-likeness (QED) is 0.252. The maximum absolute atomic E-state index is 6.86. The van der Waals surface area contributed by atoms with E-state index in [1.54, 1.807) is 0 Å². The number of hydrogen-bond donors (Lipinski definition) is 3. The van der Waals surface area contributed by atoms with E-state index in [1.165, 1.54) is 70.6 Å². The third-order valence-electron chi connectivity index (χ3n) is 13.7. The van der Waals surface area contributed by atoms with Crippen molar-refractivity contribution in [2.24, 2.45) is 58.0 Å². The fourth-order valence-corrected chi connectivity index (χ4v) is 11.4. The third kappa shape index (κ3) is 5.52. The number of hydrogen-bond acceptors (Lipinski definition) is 4. The van der Waals surface area contributed by atoms with Crippen LogP contribution in [0.1, 0.15) is 132 Å². The van der Waals surface area contributed by atoms with Gasteiger partial charge in [-0.25, -0.2) is 0 Å². The highest BCUT2D eigenvalue weighted by Gasteiger charge is 2.65. The molecule has 5 aliphatic rings. The van der Waals surface area contributed by atoms with Gasteiger partial charge in [-0.15, -0.1) is 0 Å². The summed E-state index contributed by atoms with van der Waals surface area (Å²) in [4.78, 5) is 0. The second-order valence-corrected chi connectivity index (χ2v) is 16.1. The molecule has 4 saturated carbocycles. The fourth-order valence-electron chi connectivity index (χ4n) is 11.4. The molecule has 4 nitrogen and oxygen atoms in total. The number of ether oxygens (including phenoxy) is 1. The van der Waals surface area contributed by atoms with Crippen molar-refractivity contribution < 1.29 is 4.74 Å². The first-order chi connectivity index (χ1) is 18.6. The van der Waals surface area contributed by atoms with E-state index in [9.17, 15) is 0 Å². The SMILES string of the molecule is CCCC(N)(CCC)CNC1CCC2(C)C(CCC3C2CCC2(C)C3CC3OC(NC[C@@H](C)CC)C(C)C32)C1. The summed E-state index contributed by atoms with van der Waals surface area (Å²) in [5, 5.41) is 7.83. The highest BCUT2D eigenvalue weighted by molar-refractivity contribution is 5.14. The van der Waals surface area contributed by atoms with Gasteiger partial charge in [0.2, 0.25) is 0 Å². The molecule has 0 bridgehead atoms. The molecule has 4 heteroatoms. The Bertz CT molecular complexity index is 812. The molecule has 12 atom stereocenters. The second kappa shape index (κ2) is 11.8. The lowest BCUT2D eigenvalue weighted by Gasteiger charge is -2.61. The molecule has 1 heterocycles. The molecule has 39 heavy (non-hydrogen) atoms. The summed E-state index contributed by atoms with van der Waals surface area (Å²) in [6.07, 6.45) is 17.9. The van der Waals surface area contributed by atoms with Crippen molar-refractivity contribution in [3.05, 3.63) is 0 Å². The minimum atomic E-state index is -0.0156. The van der Waals surface area contributed by atoms with Gasteiger partial charge in [0.15, 0.2) is 0 Å². The average Bonchev–Trinajstić information content (AvgIpc) is 3.39. The van der Waals surface area contributed by atoms with Gasteiger partial charge in [0, 0.05) is 30.6 Å². The van der Waals surface area contributed by atoms with Crippen molar-refractivity contribution in [2.75, 3.05) is 13.1 Å². The molecule has 0 radical (unpaired) electrons. The summed E-state index contributed by atoms with van der Waals surface area (Å²) >= 11 is 0. The molecule has 0 aromatic carbocycles. The van der Waals surface area contributed by atoms with Crippen molar-refractivity contribution in [3.8, 4) is 0 Å². The predicted octanol–water partition coefficient (Wildman–Crippen LogP) is 7.51. The van der Waals surface area contributed by atoms with E-state index in [-0.39, 0.29) is 11.8 Å². The largest absolute Gasteiger partial charge is 0.360 e. The lowest BCUT2D eigenvalue weighted by Crippen LogP contribution is -2.57.